The normalized spacial score (nSPS) is 21.9. The third-order valence-corrected chi connectivity index (χ3v) is 3.13. The molecule has 2 rings (SSSR count). The zero-order valence-corrected chi connectivity index (χ0v) is 9.57. The van der Waals surface area contributed by atoms with Crippen molar-refractivity contribution >= 4 is 5.69 Å². The predicted octanol–water partition coefficient (Wildman–Crippen LogP) is 0.666. The lowest BCUT2D eigenvalue weighted by Crippen LogP contribution is -2.40. The Bertz CT molecular complexity index is 390. The highest BCUT2D eigenvalue weighted by Crippen LogP contribution is 2.15. The van der Waals surface area contributed by atoms with Crippen molar-refractivity contribution in [2.45, 2.75) is 25.3 Å². The Kier molecular flexibility index (Phi) is 3.56. The van der Waals surface area contributed by atoms with Crippen molar-refractivity contribution in [3.05, 3.63) is 22.6 Å². The molecule has 1 atom stereocenters. The van der Waals surface area contributed by atoms with Crippen molar-refractivity contribution in [2.75, 3.05) is 25.5 Å². The topological polar surface area (TPSA) is 61.0 Å². The molecule has 1 aromatic heterocycles. The van der Waals surface area contributed by atoms with Crippen LogP contribution >= 0.6 is 0 Å². The summed E-state index contributed by atoms with van der Waals surface area (Å²) < 4.78 is 0. The van der Waals surface area contributed by atoms with E-state index in [2.05, 4.69) is 27.5 Å². The van der Waals surface area contributed by atoms with Crippen molar-refractivity contribution in [1.29, 1.82) is 0 Å². The van der Waals surface area contributed by atoms with Crippen LogP contribution in [0.3, 0.4) is 0 Å². The van der Waals surface area contributed by atoms with E-state index in [1.807, 2.05) is 0 Å². The number of anilines is 1. The van der Waals surface area contributed by atoms with Crippen molar-refractivity contribution < 1.29 is 0 Å². The summed E-state index contributed by atoms with van der Waals surface area (Å²) in [7, 11) is 2.15. The molecule has 0 bridgehead atoms. The minimum absolute atomic E-state index is 0.165. The van der Waals surface area contributed by atoms with Gasteiger partial charge in [0.05, 0.1) is 11.9 Å². The number of hydrogen-bond donors (Lipinski definition) is 2. The fourth-order valence-corrected chi connectivity index (χ4v) is 2.11. The van der Waals surface area contributed by atoms with Crippen LogP contribution in [0.4, 0.5) is 5.69 Å². The van der Waals surface area contributed by atoms with Gasteiger partial charge in [-0.3, -0.25) is 4.79 Å². The highest BCUT2D eigenvalue weighted by molar-refractivity contribution is 5.38. The first-order chi connectivity index (χ1) is 7.75. The molecule has 0 aliphatic carbocycles. The largest absolute Gasteiger partial charge is 0.382 e. The van der Waals surface area contributed by atoms with Crippen LogP contribution in [0.15, 0.2) is 17.1 Å². The van der Waals surface area contributed by atoms with Gasteiger partial charge in [0.25, 0.3) is 5.56 Å². The number of hydrogen-bond acceptors (Lipinski definition) is 4. The zero-order valence-electron chi connectivity index (χ0n) is 9.57. The van der Waals surface area contributed by atoms with Crippen LogP contribution in [0, 0.1) is 0 Å². The number of piperidine rings is 1. The molecule has 5 heteroatoms. The maximum atomic E-state index is 11.0. The lowest BCUT2D eigenvalue weighted by molar-refractivity contribution is 0.194. The number of H-pyrrole nitrogens is 1. The van der Waals surface area contributed by atoms with Gasteiger partial charge in [0.1, 0.15) is 0 Å². The minimum Gasteiger partial charge on any atom is -0.382 e. The maximum absolute atomic E-state index is 11.0. The fourth-order valence-electron chi connectivity index (χ4n) is 2.11. The van der Waals surface area contributed by atoms with Gasteiger partial charge >= 0.3 is 0 Å². The molecule has 1 aliphatic heterocycles. The first kappa shape index (κ1) is 11.1. The quantitative estimate of drug-likeness (QED) is 0.789. The molecule has 0 amide bonds. The number of likely N-dealkylation sites (tertiary alicyclic amines) is 1. The summed E-state index contributed by atoms with van der Waals surface area (Å²) in [6, 6.07) is 2.10. The number of rotatable bonds is 3. The molecule has 2 N–H and O–H groups in total. The highest BCUT2D eigenvalue weighted by atomic mass is 16.1. The molecule has 0 saturated carbocycles. The summed E-state index contributed by atoms with van der Waals surface area (Å²) in [6.45, 7) is 2.04. The van der Waals surface area contributed by atoms with E-state index in [1.54, 1.807) is 6.20 Å². The first-order valence-corrected chi connectivity index (χ1v) is 5.74. The Morgan fingerprint density at radius 2 is 2.50 bits per heavy atom. The molecular weight excluding hydrogens is 204 g/mol. The lowest BCUT2D eigenvalue weighted by atomic mass is 10.0. The molecular formula is C11H18N4O. The van der Waals surface area contributed by atoms with Gasteiger partial charge in [-0.15, -0.1) is 0 Å². The average Bonchev–Trinajstić information content (AvgIpc) is 2.28. The van der Waals surface area contributed by atoms with Gasteiger partial charge in [-0.05, 0) is 26.4 Å². The molecule has 0 spiro atoms. The van der Waals surface area contributed by atoms with E-state index in [9.17, 15) is 4.79 Å². The molecule has 0 radical (unpaired) electrons. The van der Waals surface area contributed by atoms with Crippen LogP contribution in [-0.4, -0.2) is 41.3 Å². The second-order valence-corrected chi connectivity index (χ2v) is 4.35. The Balaban J connectivity index is 1.89. The SMILES string of the molecule is CN1CCCCC1CNc1cn[nH]c(=O)c1. The van der Waals surface area contributed by atoms with Crippen LogP contribution in [0.1, 0.15) is 19.3 Å². The van der Waals surface area contributed by atoms with Crippen LogP contribution in [0.25, 0.3) is 0 Å². The fraction of sp³-hybridized carbons (Fsp3) is 0.636. The Hall–Kier alpha value is -1.36. The smallest absolute Gasteiger partial charge is 0.266 e. The van der Waals surface area contributed by atoms with Crippen LogP contribution < -0.4 is 10.9 Å². The molecule has 2 heterocycles. The maximum Gasteiger partial charge on any atom is 0.266 e. The van der Waals surface area contributed by atoms with E-state index in [-0.39, 0.29) is 5.56 Å². The van der Waals surface area contributed by atoms with Gasteiger partial charge in [-0.2, -0.15) is 5.10 Å². The van der Waals surface area contributed by atoms with Gasteiger partial charge in [0, 0.05) is 18.7 Å². The van der Waals surface area contributed by atoms with Gasteiger partial charge in [0.2, 0.25) is 0 Å². The van der Waals surface area contributed by atoms with Crippen LogP contribution in [0.2, 0.25) is 0 Å². The minimum atomic E-state index is -0.165. The molecule has 16 heavy (non-hydrogen) atoms. The van der Waals surface area contributed by atoms with E-state index in [1.165, 1.54) is 31.9 Å². The van der Waals surface area contributed by atoms with Gasteiger partial charge < -0.3 is 10.2 Å². The predicted molar refractivity (Wildman–Crippen MR) is 63.6 cm³/mol. The summed E-state index contributed by atoms with van der Waals surface area (Å²) in [5.74, 6) is 0. The number of aromatic nitrogens is 2. The van der Waals surface area contributed by atoms with E-state index < -0.39 is 0 Å². The zero-order chi connectivity index (χ0) is 11.4. The number of nitrogens with one attached hydrogen (secondary N) is 2. The van der Waals surface area contributed by atoms with E-state index in [0.717, 1.165) is 12.2 Å². The molecule has 1 aliphatic rings. The number of likely N-dealkylation sites (N-methyl/N-ethyl adjacent to an activating group) is 1. The second-order valence-electron chi connectivity index (χ2n) is 4.35. The molecule has 1 unspecified atom stereocenters. The standard InChI is InChI=1S/C11H18N4O/c1-15-5-3-2-4-10(15)8-12-9-6-11(16)14-13-7-9/h6-7,10H,2-5,8H2,1H3,(H2,12,14,16). The molecule has 1 fully saturated rings. The van der Waals surface area contributed by atoms with E-state index in [0.29, 0.717) is 6.04 Å². The summed E-state index contributed by atoms with van der Waals surface area (Å²) in [5, 5.41) is 9.38. The van der Waals surface area contributed by atoms with E-state index in [4.69, 9.17) is 0 Å². The Morgan fingerprint density at radius 3 is 3.25 bits per heavy atom. The molecule has 1 aromatic rings. The Morgan fingerprint density at radius 1 is 1.62 bits per heavy atom. The van der Waals surface area contributed by atoms with Gasteiger partial charge in [0.15, 0.2) is 0 Å². The molecule has 88 valence electrons. The van der Waals surface area contributed by atoms with Crippen molar-refractivity contribution in [1.82, 2.24) is 15.1 Å². The van der Waals surface area contributed by atoms with Crippen LogP contribution in [-0.2, 0) is 0 Å². The van der Waals surface area contributed by atoms with Crippen LogP contribution in [0.5, 0.6) is 0 Å². The number of nitrogens with zero attached hydrogens (tertiary/aromatic N) is 2. The Labute approximate surface area is 94.9 Å². The van der Waals surface area contributed by atoms with Crippen molar-refractivity contribution in [2.24, 2.45) is 0 Å². The summed E-state index contributed by atoms with van der Waals surface area (Å²) in [4.78, 5) is 13.4. The van der Waals surface area contributed by atoms with Crippen molar-refractivity contribution in [3.63, 3.8) is 0 Å². The average molecular weight is 222 g/mol. The molecule has 0 aromatic carbocycles. The first-order valence-electron chi connectivity index (χ1n) is 5.74. The van der Waals surface area contributed by atoms with Crippen molar-refractivity contribution in [3.8, 4) is 0 Å². The lowest BCUT2D eigenvalue weighted by Gasteiger charge is -2.32. The summed E-state index contributed by atoms with van der Waals surface area (Å²) in [6.07, 6.45) is 5.45. The molecule has 5 nitrogen and oxygen atoms in total. The monoisotopic (exact) mass is 222 g/mol. The summed E-state index contributed by atoms with van der Waals surface area (Å²) in [5.41, 5.74) is 0.629. The van der Waals surface area contributed by atoms with E-state index >= 15 is 0 Å². The third kappa shape index (κ3) is 2.82. The van der Waals surface area contributed by atoms with Gasteiger partial charge in [-0.25, -0.2) is 5.10 Å². The van der Waals surface area contributed by atoms with Gasteiger partial charge in [-0.1, -0.05) is 6.42 Å². The molecule has 1 saturated heterocycles. The summed E-state index contributed by atoms with van der Waals surface area (Å²) >= 11 is 0. The number of aromatic amines is 1. The second kappa shape index (κ2) is 5.12. The third-order valence-electron chi connectivity index (χ3n) is 3.13. The highest BCUT2D eigenvalue weighted by Gasteiger charge is 2.18.